The second kappa shape index (κ2) is 7.75. The fourth-order valence-electron chi connectivity index (χ4n) is 3.17. The largest absolute Gasteiger partial charge is 0.339 e. The summed E-state index contributed by atoms with van der Waals surface area (Å²) in [7, 11) is 0. The molecule has 0 spiro atoms. The molecule has 0 bridgehead atoms. The summed E-state index contributed by atoms with van der Waals surface area (Å²) >= 11 is 0. The minimum atomic E-state index is -0.0444. The molecular formula is C19H21N5O. The van der Waals surface area contributed by atoms with Crippen LogP contribution in [0.15, 0.2) is 36.4 Å². The van der Waals surface area contributed by atoms with Gasteiger partial charge in [-0.3, -0.25) is 4.79 Å². The van der Waals surface area contributed by atoms with Crippen molar-refractivity contribution in [3.63, 3.8) is 0 Å². The van der Waals surface area contributed by atoms with Gasteiger partial charge in [0.2, 0.25) is 0 Å². The third kappa shape index (κ3) is 3.94. The van der Waals surface area contributed by atoms with E-state index >= 15 is 0 Å². The summed E-state index contributed by atoms with van der Waals surface area (Å²) in [6, 6.07) is 13.0. The summed E-state index contributed by atoms with van der Waals surface area (Å²) in [6.45, 7) is 2.91. The van der Waals surface area contributed by atoms with Crippen molar-refractivity contribution in [1.29, 1.82) is 5.26 Å². The van der Waals surface area contributed by atoms with Crippen molar-refractivity contribution in [2.24, 2.45) is 0 Å². The van der Waals surface area contributed by atoms with Crippen LogP contribution in [0.3, 0.4) is 0 Å². The van der Waals surface area contributed by atoms with Gasteiger partial charge >= 0.3 is 0 Å². The first-order valence-corrected chi connectivity index (χ1v) is 8.63. The van der Waals surface area contributed by atoms with E-state index in [0.717, 1.165) is 31.5 Å². The van der Waals surface area contributed by atoms with Crippen molar-refractivity contribution in [3.8, 4) is 6.07 Å². The van der Waals surface area contributed by atoms with Crippen molar-refractivity contribution in [2.45, 2.75) is 38.6 Å². The predicted octanol–water partition coefficient (Wildman–Crippen LogP) is 3.50. The summed E-state index contributed by atoms with van der Waals surface area (Å²) in [4.78, 5) is 14.6. The van der Waals surface area contributed by atoms with Gasteiger partial charge < -0.3 is 10.2 Å². The number of carbonyl (C=O) groups is 1. The molecule has 0 radical (unpaired) electrons. The molecule has 0 aliphatic carbocycles. The molecular weight excluding hydrogens is 314 g/mol. The van der Waals surface area contributed by atoms with Crippen molar-refractivity contribution in [2.75, 3.05) is 11.9 Å². The Kier molecular flexibility index (Phi) is 5.24. The minimum absolute atomic E-state index is 0.0444. The number of carbonyl (C=O) groups excluding carboxylic acids is 1. The highest BCUT2D eigenvalue weighted by atomic mass is 16.2. The monoisotopic (exact) mass is 335 g/mol. The zero-order valence-corrected chi connectivity index (χ0v) is 14.3. The number of nitrogens with zero attached hydrogens (tertiary/aromatic N) is 4. The molecule has 1 aliphatic heterocycles. The average molecular weight is 335 g/mol. The maximum atomic E-state index is 12.7. The number of aromatic nitrogens is 2. The van der Waals surface area contributed by atoms with E-state index in [9.17, 15) is 4.79 Å². The predicted molar refractivity (Wildman–Crippen MR) is 95.4 cm³/mol. The molecule has 1 amide bonds. The Morgan fingerprint density at radius 3 is 2.92 bits per heavy atom. The first-order chi connectivity index (χ1) is 12.2. The van der Waals surface area contributed by atoms with Gasteiger partial charge in [0.25, 0.3) is 5.91 Å². The number of nitriles is 1. The highest BCUT2D eigenvalue weighted by molar-refractivity contribution is 5.92. The molecule has 128 valence electrons. The first kappa shape index (κ1) is 16.9. The summed E-state index contributed by atoms with van der Waals surface area (Å²) < 4.78 is 0. The Labute approximate surface area is 147 Å². The smallest absolute Gasteiger partial charge is 0.274 e. The molecule has 1 aliphatic rings. The SMILES string of the molecule is CCC1CCCCN1C(=O)c1ccc(Nc2cccc(C#N)c2)nn1. The molecule has 1 aromatic carbocycles. The van der Waals surface area contributed by atoms with Gasteiger partial charge in [0.15, 0.2) is 11.5 Å². The number of benzene rings is 1. The van der Waals surface area contributed by atoms with E-state index in [1.54, 1.807) is 30.3 Å². The van der Waals surface area contributed by atoms with Gasteiger partial charge in [-0.1, -0.05) is 13.0 Å². The Balaban J connectivity index is 1.71. The van der Waals surface area contributed by atoms with Crippen LogP contribution in [0.25, 0.3) is 0 Å². The van der Waals surface area contributed by atoms with Crippen LogP contribution in [-0.4, -0.2) is 33.6 Å². The second-order valence-electron chi connectivity index (χ2n) is 6.18. The Morgan fingerprint density at radius 2 is 2.20 bits per heavy atom. The summed E-state index contributed by atoms with van der Waals surface area (Å²) in [5.74, 6) is 0.495. The Morgan fingerprint density at radius 1 is 1.32 bits per heavy atom. The Hall–Kier alpha value is -2.94. The molecule has 1 fully saturated rings. The molecule has 25 heavy (non-hydrogen) atoms. The molecule has 1 atom stereocenters. The minimum Gasteiger partial charge on any atom is -0.339 e. The van der Waals surface area contributed by atoms with E-state index in [4.69, 9.17) is 5.26 Å². The highest BCUT2D eigenvalue weighted by Gasteiger charge is 2.27. The maximum Gasteiger partial charge on any atom is 0.274 e. The number of nitrogens with one attached hydrogen (secondary N) is 1. The van der Waals surface area contributed by atoms with Crippen LogP contribution >= 0.6 is 0 Å². The third-order valence-corrected chi connectivity index (χ3v) is 4.51. The summed E-state index contributed by atoms with van der Waals surface area (Å²) in [5, 5.41) is 20.2. The van der Waals surface area contributed by atoms with E-state index in [1.165, 1.54) is 6.42 Å². The van der Waals surface area contributed by atoms with Gasteiger partial charge in [-0.25, -0.2) is 0 Å². The topological polar surface area (TPSA) is 81.9 Å². The van der Waals surface area contributed by atoms with Crippen molar-refractivity contribution in [1.82, 2.24) is 15.1 Å². The maximum absolute atomic E-state index is 12.7. The normalized spacial score (nSPS) is 17.0. The number of hydrogen-bond acceptors (Lipinski definition) is 5. The van der Waals surface area contributed by atoms with Crippen LogP contribution in [0.4, 0.5) is 11.5 Å². The van der Waals surface area contributed by atoms with Crippen molar-refractivity contribution in [3.05, 3.63) is 47.7 Å². The highest BCUT2D eigenvalue weighted by Crippen LogP contribution is 2.21. The zero-order chi connectivity index (χ0) is 17.6. The number of anilines is 2. The van der Waals surface area contributed by atoms with Gasteiger partial charge in [-0.2, -0.15) is 5.26 Å². The standard InChI is InChI=1S/C19H21N5O/c1-2-16-8-3-4-11-24(16)19(25)17-9-10-18(23-22-17)21-15-7-5-6-14(12-15)13-20/h5-7,9-10,12,16H,2-4,8,11H2,1H3,(H,21,23). The van der Waals surface area contributed by atoms with Gasteiger partial charge in [0.1, 0.15) is 0 Å². The van der Waals surface area contributed by atoms with Crippen molar-refractivity contribution < 1.29 is 4.79 Å². The lowest BCUT2D eigenvalue weighted by atomic mass is 9.99. The van der Waals surface area contributed by atoms with Crippen LogP contribution in [0.2, 0.25) is 0 Å². The third-order valence-electron chi connectivity index (χ3n) is 4.51. The number of rotatable bonds is 4. The van der Waals surface area contributed by atoms with Crippen LogP contribution in [-0.2, 0) is 0 Å². The van der Waals surface area contributed by atoms with E-state index < -0.39 is 0 Å². The van der Waals surface area contributed by atoms with E-state index in [1.807, 2.05) is 11.0 Å². The van der Waals surface area contributed by atoms with Gasteiger partial charge in [-0.05, 0) is 56.0 Å². The molecule has 1 saturated heterocycles. The fraction of sp³-hybridized carbons (Fsp3) is 0.368. The lowest BCUT2D eigenvalue weighted by Crippen LogP contribution is -2.43. The van der Waals surface area contributed by atoms with E-state index in [2.05, 4.69) is 28.5 Å². The molecule has 2 aromatic rings. The van der Waals surface area contributed by atoms with Gasteiger partial charge in [0.05, 0.1) is 11.6 Å². The molecule has 1 unspecified atom stereocenters. The summed E-state index contributed by atoms with van der Waals surface area (Å²) in [5.41, 5.74) is 1.70. The number of likely N-dealkylation sites (tertiary alicyclic amines) is 1. The molecule has 1 N–H and O–H groups in total. The lowest BCUT2D eigenvalue weighted by Gasteiger charge is -2.34. The molecule has 2 heterocycles. The van der Waals surface area contributed by atoms with E-state index in [-0.39, 0.29) is 5.91 Å². The molecule has 6 nitrogen and oxygen atoms in total. The molecule has 1 aromatic heterocycles. The Bertz CT molecular complexity index is 781. The fourth-order valence-corrected chi connectivity index (χ4v) is 3.17. The zero-order valence-electron chi connectivity index (χ0n) is 14.3. The summed E-state index contributed by atoms with van der Waals surface area (Å²) in [6.07, 6.45) is 4.25. The second-order valence-corrected chi connectivity index (χ2v) is 6.18. The molecule has 6 heteroatoms. The number of hydrogen-bond donors (Lipinski definition) is 1. The molecule has 3 rings (SSSR count). The van der Waals surface area contributed by atoms with Crippen LogP contribution in [0.1, 0.15) is 48.7 Å². The van der Waals surface area contributed by atoms with Gasteiger partial charge in [-0.15, -0.1) is 10.2 Å². The number of piperidine rings is 1. The number of amides is 1. The van der Waals surface area contributed by atoms with Crippen molar-refractivity contribution >= 4 is 17.4 Å². The van der Waals surface area contributed by atoms with Gasteiger partial charge in [0, 0.05) is 18.3 Å². The van der Waals surface area contributed by atoms with Crippen LogP contribution in [0, 0.1) is 11.3 Å². The van der Waals surface area contributed by atoms with Crippen LogP contribution in [0.5, 0.6) is 0 Å². The average Bonchev–Trinajstić information content (AvgIpc) is 2.68. The quantitative estimate of drug-likeness (QED) is 0.925. The van der Waals surface area contributed by atoms with Crippen LogP contribution < -0.4 is 5.32 Å². The van der Waals surface area contributed by atoms with E-state index in [0.29, 0.717) is 23.1 Å². The first-order valence-electron chi connectivity index (χ1n) is 8.63. The molecule has 0 saturated carbocycles. The lowest BCUT2D eigenvalue weighted by molar-refractivity contribution is 0.0601.